The van der Waals surface area contributed by atoms with Crippen LogP contribution in [0.15, 0.2) is 71.2 Å². The number of carboxylic acids is 1. The lowest BCUT2D eigenvalue weighted by Gasteiger charge is -2.22. The summed E-state index contributed by atoms with van der Waals surface area (Å²) in [6.07, 6.45) is -1.90. The number of aliphatic carboxylic acids is 1. The molecule has 0 spiro atoms. The Kier molecular flexibility index (Phi) is 7.67. The fourth-order valence-corrected chi connectivity index (χ4v) is 5.03. The maximum absolute atomic E-state index is 12.7. The number of halogens is 3. The number of fused-ring (bicyclic) bond motifs is 1. The van der Waals surface area contributed by atoms with Gasteiger partial charge in [0.1, 0.15) is 0 Å². The van der Waals surface area contributed by atoms with Crippen LogP contribution in [-0.2, 0) is 20.4 Å². The molecule has 0 saturated heterocycles. The van der Waals surface area contributed by atoms with Crippen molar-refractivity contribution in [1.82, 2.24) is 9.97 Å². The van der Waals surface area contributed by atoms with Crippen LogP contribution in [0, 0.1) is 0 Å². The van der Waals surface area contributed by atoms with Gasteiger partial charge in [-0.3, -0.25) is 9.71 Å². The van der Waals surface area contributed by atoms with Gasteiger partial charge >= 0.3 is 12.1 Å². The second-order valence-electron chi connectivity index (χ2n) is 7.89. The fourth-order valence-electron chi connectivity index (χ4n) is 3.21. The van der Waals surface area contributed by atoms with Crippen molar-refractivity contribution in [3.8, 4) is 11.3 Å². The third-order valence-electron chi connectivity index (χ3n) is 4.78. The van der Waals surface area contributed by atoms with Crippen LogP contribution in [0.2, 0.25) is 0 Å². The number of carbonyl (C=O) groups is 1. The van der Waals surface area contributed by atoms with Gasteiger partial charge in [-0.1, -0.05) is 30.3 Å². The number of nitrogens with one attached hydrogen (secondary N) is 1. The molecule has 0 radical (unpaired) electrons. The number of sulfonamides is 1. The molecule has 0 aliphatic rings. The van der Waals surface area contributed by atoms with Crippen molar-refractivity contribution in [2.24, 2.45) is 0 Å². The Bertz CT molecular complexity index is 1480. The van der Waals surface area contributed by atoms with Gasteiger partial charge in [0.2, 0.25) is 0 Å². The summed E-state index contributed by atoms with van der Waals surface area (Å²) >= 11 is 1.22. The molecule has 0 atom stereocenters. The molecule has 2 aromatic heterocycles. The molecule has 0 aliphatic carbocycles. The number of thiazole rings is 1. The van der Waals surface area contributed by atoms with Crippen LogP contribution in [0.5, 0.6) is 0 Å². The lowest BCUT2D eigenvalue weighted by Crippen LogP contribution is -2.21. The average molecular weight is 540 g/mol. The number of benzene rings is 2. The summed E-state index contributed by atoms with van der Waals surface area (Å²) in [6, 6.07) is 14.2. The number of hydrogen-bond donors (Lipinski definition) is 3. The highest BCUT2D eigenvalue weighted by Gasteiger charge is 2.38. The molecule has 190 valence electrons. The number of rotatable bonds is 5. The average Bonchev–Trinajstić information content (AvgIpc) is 3.30. The highest BCUT2D eigenvalue weighted by molar-refractivity contribution is 7.93. The van der Waals surface area contributed by atoms with Crippen molar-refractivity contribution >= 4 is 43.2 Å². The van der Waals surface area contributed by atoms with Crippen LogP contribution >= 0.6 is 11.3 Å². The zero-order valence-electron chi connectivity index (χ0n) is 18.8. The molecule has 3 N–H and O–H groups in total. The fraction of sp³-hybridized carbons (Fsp3) is 0.174. The summed E-state index contributed by atoms with van der Waals surface area (Å²) < 4.78 is 59.6. The number of carboxylic acid groups (broad SMARTS) is 1. The van der Waals surface area contributed by atoms with E-state index in [-0.39, 0.29) is 4.90 Å². The highest BCUT2D eigenvalue weighted by Crippen LogP contribution is 2.35. The lowest BCUT2D eigenvalue weighted by atomic mass is 9.90. The molecule has 0 saturated carbocycles. The third kappa shape index (κ3) is 6.36. The monoisotopic (exact) mass is 539 g/mol. The highest BCUT2D eigenvalue weighted by atomic mass is 32.2. The molecule has 13 heteroatoms. The molecule has 0 bridgehead atoms. The number of nitrogens with zero attached hydrogens (tertiary/aromatic N) is 2. The van der Waals surface area contributed by atoms with Crippen molar-refractivity contribution < 1.29 is 36.6 Å². The molecule has 4 rings (SSSR count). The van der Waals surface area contributed by atoms with Gasteiger partial charge in [-0.05, 0) is 43.0 Å². The van der Waals surface area contributed by atoms with E-state index in [2.05, 4.69) is 14.7 Å². The van der Waals surface area contributed by atoms with Gasteiger partial charge in [0.15, 0.2) is 5.13 Å². The molecule has 8 nitrogen and oxygen atoms in total. The summed E-state index contributed by atoms with van der Waals surface area (Å²) in [5, 5.41) is 21.2. The molecule has 0 unspecified atom stereocenters. The second kappa shape index (κ2) is 10.2. The summed E-state index contributed by atoms with van der Waals surface area (Å²) in [7, 11) is -3.75. The molecule has 36 heavy (non-hydrogen) atoms. The first-order valence-electron chi connectivity index (χ1n) is 10.1. The van der Waals surface area contributed by atoms with Gasteiger partial charge in [0, 0.05) is 28.7 Å². The van der Waals surface area contributed by atoms with Crippen LogP contribution in [0.3, 0.4) is 0 Å². The predicted octanol–water partition coefficient (Wildman–Crippen LogP) is 5.02. The molecule has 2 heterocycles. The maximum Gasteiger partial charge on any atom is 0.490 e. The Hall–Kier alpha value is -3.55. The second-order valence-corrected chi connectivity index (χ2v) is 10.5. The van der Waals surface area contributed by atoms with E-state index in [1.165, 1.54) is 11.3 Å². The van der Waals surface area contributed by atoms with Crippen LogP contribution in [0.1, 0.15) is 19.4 Å². The van der Waals surface area contributed by atoms with Crippen molar-refractivity contribution in [3.63, 3.8) is 0 Å². The van der Waals surface area contributed by atoms with E-state index in [0.717, 1.165) is 21.9 Å². The standard InChI is InChI=1S/C21H19N3O3S2.C2HF3O2/c1-21(2,25)18-6-4-3-5-17(18)19-16-8-7-15(13-14(16)9-10-22-19)29(26,27)24-20-23-11-12-28-20;3-2(4,5)1(6)7/h3-13,25H,1-2H3,(H,23,24);(H,6,7). The molecule has 0 fully saturated rings. The Morgan fingerprint density at radius 3 is 2.28 bits per heavy atom. The summed E-state index contributed by atoms with van der Waals surface area (Å²) in [5.41, 5.74) is 1.21. The number of hydrogen-bond acceptors (Lipinski definition) is 7. The summed E-state index contributed by atoms with van der Waals surface area (Å²) in [5.74, 6) is -2.76. The molecular weight excluding hydrogens is 519 g/mol. The Balaban J connectivity index is 0.000000454. The van der Waals surface area contributed by atoms with Crippen LogP contribution in [0.4, 0.5) is 18.3 Å². The van der Waals surface area contributed by atoms with E-state index < -0.39 is 27.8 Å². The number of aliphatic hydroxyl groups is 1. The Morgan fingerprint density at radius 1 is 1.03 bits per heavy atom. The predicted molar refractivity (Wildman–Crippen MR) is 129 cm³/mol. The van der Waals surface area contributed by atoms with E-state index in [4.69, 9.17) is 9.90 Å². The number of aromatic nitrogens is 2. The zero-order valence-corrected chi connectivity index (χ0v) is 20.4. The van der Waals surface area contributed by atoms with Crippen molar-refractivity contribution in [2.45, 2.75) is 30.5 Å². The molecule has 2 aromatic carbocycles. The van der Waals surface area contributed by atoms with Gasteiger partial charge in [0.05, 0.1) is 16.2 Å². The summed E-state index contributed by atoms with van der Waals surface area (Å²) in [4.78, 5) is 17.5. The first-order valence-corrected chi connectivity index (χ1v) is 12.5. The topological polar surface area (TPSA) is 129 Å². The minimum absolute atomic E-state index is 0.146. The Morgan fingerprint density at radius 2 is 1.69 bits per heavy atom. The molecule has 4 aromatic rings. The van der Waals surface area contributed by atoms with Crippen molar-refractivity contribution in [1.29, 1.82) is 0 Å². The third-order valence-corrected chi connectivity index (χ3v) is 6.94. The number of anilines is 1. The maximum atomic E-state index is 12.7. The van der Waals surface area contributed by atoms with Gasteiger partial charge in [0.25, 0.3) is 10.0 Å². The largest absolute Gasteiger partial charge is 0.490 e. The van der Waals surface area contributed by atoms with Gasteiger partial charge in [-0.25, -0.2) is 18.2 Å². The van der Waals surface area contributed by atoms with Crippen molar-refractivity contribution in [3.05, 3.63) is 71.9 Å². The van der Waals surface area contributed by atoms with E-state index >= 15 is 0 Å². The van der Waals surface area contributed by atoms with Gasteiger partial charge < -0.3 is 10.2 Å². The molecular formula is C23H20F3N3O5S2. The minimum Gasteiger partial charge on any atom is -0.475 e. The molecule has 0 amide bonds. The van der Waals surface area contributed by atoms with Crippen LogP contribution in [0.25, 0.3) is 22.0 Å². The van der Waals surface area contributed by atoms with Crippen molar-refractivity contribution in [2.75, 3.05) is 4.72 Å². The van der Waals surface area contributed by atoms with Gasteiger partial charge in [-0.2, -0.15) is 13.2 Å². The normalized spacial score (nSPS) is 12.1. The van der Waals surface area contributed by atoms with E-state index in [9.17, 15) is 26.7 Å². The first-order chi connectivity index (χ1) is 16.7. The number of pyridine rings is 1. The van der Waals surface area contributed by atoms with Crippen LogP contribution in [-0.4, -0.2) is 40.7 Å². The first kappa shape index (κ1) is 27.0. The van der Waals surface area contributed by atoms with Crippen LogP contribution < -0.4 is 4.72 Å². The van der Waals surface area contributed by atoms with Gasteiger partial charge in [-0.15, -0.1) is 11.3 Å². The zero-order chi connectivity index (χ0) is 26.7. The van der Waals surface area contributed by atoms with E-state index in [1.54, 1.807) is 55.9 Å². The quantitative estimate of drug-likeness (QED) is 0.325. The Labute approximate surface area is 208 Å². The SMILES string of the molecule is CC(C)(O)c1ccccc1-c1nccc2cc(S(=O)(=O)Nc3nccs3)ccc12.O=C(O)C(F)(F)F. The lowest BCUT2D eigenvalue weighted by molar-refractivity contribution is -0.192. The molecule has 0 aliphatic heterocycles. The smallest absolute Gasteiger partial charge is 0.475 e. The van der Waals surface area contributed by atoms with E-state index in [1.807, 2.05) is 24.3 Å². The summed E-state index contributed by atoms with van der Waals surface area (Å²) in [6.45, 7) is 3.46. The minimum atomic E-state index is -5.08. The number of alkyl halides is 3. The van der Waals surface area contributed by atoms with E-state index in [0.29, 0.717) is 10.8 Å².